The van der Waals surface area contributed by atoms with Crippen LogP contribution in [0.5, 0.6) is 5.75 Å². The van der Waals surface area contributed by atoms with Gasteiger partial charge >= 0.3 is 0 Å². The van der Waals surface area contributed by atoms with Gasteiger partial charge in [-0.05, 0) is 23.8 Å². The van der Waals surface area contributed by atoms with E-state index in [1.807, 2.05) is 12.1 Å². The van der Waals surface area contributed by atoms with Crippen molar-refractivity contribution in [1.82, 2.24) is 14.5 Å². The minimum Gasteiger partial charge on any atom is -0.497 e. The van der Waals surface area contributed by atoms with Crippen molar-refractivity contribution in [2.45, 2.75) is 0 Å². The van der Waals surface area contributed by atoms with E-state index in [1.54, 1.807) is 36.5 Å². The number of aromatic nitrogens is 3. The number of benzene rings is 1. The summed E-state index contributed by atoms with van der Waals surface area (Å²) in [5.41, 5.74) is 9.20. The predicted octanol–water partition coefficient (Wildman–Crippen LogP) is 2.48. The van der Waals surface area contributed by atoms with E-state index >= 15 is 0 Å². The number of hydrogen-bond acceptors (Lipinski definition) is 7. The summed E-state index contributed by atoms with van der Waals surface area (Å²) in [6, 6.07) is 10.1. The first-order valence-electron chi connectivity index (χ1n) is 9.87. The smallest absolute Gasteiger partial charge is 0.158 e. The molecule has 0 bridgehead atoms. The third kappa shape index (κ3) is 3.13. The van der Waals surface area contributed by atoms with Crippen LogP contribution in [0.1, 0.15) is 5.56 Å². The summed E-state index contributed by atoms with van der Waals surface area (Å²) in [5, 5.41) is 9.95. The number of methoxy groups -OCH3 is 1. The van der Waals surface area contributed by atoms with E-state index in [9.17, 15) is 5.26 Å². The van der Waals surface area contributed by atoms with Gasteiger partial charge in [-0.25, -0.2) is 9.97 Å². The summed E-state index contributed by atoms with van der Waals surface area (Å²) in [5.74, 6) is 2.67. The lowest BCUT2D eigenvalue weighted by molar-refractivity contribution is 0.177. The molecule has 2 fully saturated rings. The Kier molecular flexibility index (Phi) is 4.52. The predicted molar refractivity (Wildman–Crippen MR) is 112 cm³/mol. The Morgan fingerprint density at radius 1 is 1.20 bits per heavy atom. The molecule has 0 spiro atoms. The largest absolute Gasteiger partial charge is 0.497 e. The Morgan fingerprint density at radius 2 is 2.00 bits per heavy atom. The van der Waals surface area contributed by atoms with Crippen LogP contribution in [0, 0.1) is 23.2 Å². The van der Waals surface area contributed by atoms with Crippen molar-refractivity contribution in [2.75, 3.05) is 44.0 Å². The third-order valence-electron chi connectivity index (χ3n) is 5.92. The normalized spacial score (nSPS) is 20.2. The number of ether oxygens (including phenoxy) is 2. The zero-order valence-corrected chi connectivity index (χ0v) is 16.7. The van der Waals surface area contributed by atoms with E-state index in [0.717, 1.165) is 48.9 Å². The third-order valence-corrected chi connectivity index (χ3v) is 5.92. The molecule has 0 saturated carbocycles. The van der Waals surface area contributed by atoms with E-state index < -0.39 is 0 Å². The molecule has 2 aromatic heterocycles. The van der Waals surface area contributed by atoms with Gasteiger partial charge in [0.25, 0.3) is 0 Å². The number of nitrogens with zero attached hydrogens (tertiary/aromatic N) is 5. The maximum atomic E-state index is 9.95. The topological polar surface area (TPSA) is 102 Å². The Labute approximate surface area is 174 Å². The molecule has 2 aliphatic heterocycles. The second-order valence-corrected chi connectivity index (χ2v) is 7.76. The minimum atomic E-state index is 0.338. The number of anilines is 2. The average molecular weight is 402 g/mol. The molecule has 4 heterocycles. The molecule has 1 aromatic carbocycles. The number of pyridine rings is 1. The number of nitrogen functional groups attached to an aromatic ring is 1. The number of fused-ring (bicyclic) bond motifs is 1. The highest BCUT2D eigenvalue weighted by atomic mass is 16.5. The number of nitrogens with two attached hydrogens (primary N) is 1. The molecule has 2 atom stereocenters. The van der Waals surface area contributed by atoms with Crippen LogP contribution in [0.25, 0.3) is 16.9 Å². The summed E-state index contributed by atoms with van der Waals surface area (Å²) in [6.45, 7) is 3.57. The van der Waals surface area contributed by atoms with Crippen LogP contribution in [-0.4, -0.2) is 47.9 Å². The number of imidazole rings is 1. The van der Waals surface area contributed by atoms with E-state index in [1.165, 1.54) is 0 Å². The molecule has 3 aromatic rings. The van der Waals surface area contributed by atoms with Crippen LogP contribution in [0.4, 0.5) is 11.5 Å². The van der Waals surface area contributed by atoms with Gasteiger partial charge in [0.1, 0.15) is 29.5 Å². The van der Waals surface area contributed by atoms with Crippen LogP contribution in [0.2, 0.25) is 0 Å². The molecule has 30 heavy (non-hydrogen) atoms. The van der Waals surface area contributed by atoms with Crippen molar-refractivity contribution in [1.29, 1.82) is 5.26 Å². The molecule has 0 radical (unpaired) electrons. The molecule has 8 heteroatoms. The maximum Gasteiger partial charge on any atom is 0.158 e. The molecule has 2 unspecified atom stereocenters. The van der Waals surface area contributed by atoms with E-state index in [4.69, 9.17) is 15.2 Å². The first kappa shape index (κ1) is 18.5. The second kappa shape index (κ2) is 7.35. The van der Waals surface area contributed by atoms with Crippen LogP contribution < -0.4 is 15.4 Å². The first-order valence-corrected chi connectivity index (χ1v) is 9.87. The van der Waals surface area contributed by atoms with Crippen molar-refractivity contribution in [3.63, 3.8) is 0 Å². The molecule has 0 amide bonds. The molecular weight excluding hydrogens is 380 g/mol. The lowest BCUT2D eigenvalue weighted by Gasteiger charge is -2.22. The lowest BCUT2D eigenvalue weighted by Crippen LogP contribution is -2.22. The highest BCUT2D eigenvalue weighted by Crippen LogP contribution is 2.38. The number of nitriles is 1. The van der Waals surface area contributed by atoms with Gasteiger partial charge < -0.3 is 20.1 Å². The summed E-state index contributed by atoms with van der Waals surface area (Å²) in [7, 11) is 1.65. The summed E-state index contributed by atoms with van der Waals surface area (Å²) >= 11 is 0. The SMILES string of the molecule is COc1cc(-c2cc(N)nc(-n3ccnc3)c2C#N)cc(N2CC3COCC3C2)c1. The van der Waals surface area contributed by atoms with Gasteiger partial charge in [-0.1, -0.05) is 0 Å². The van der Waals surface area contributed by atoms with E-state index in [-0.39, 0.29) is 0 Å². The zero-order valence-electron chi connectivity index (χ0n) is 16.7. The van der Waals surface area contributed by atoms with Gasteiger partial charge in [-0.15, -0.1) is 0 Å². The monoisotopic (exact) mass is 402 g/mol. The highest BCUT2D eigenvalue weighted by molar-refractivity contribution is 5.79. The van der Waals surface area contributed by atoms with Crippen LogP contribution >= 0.6 is 0 Å². The molecule has 2 N–H and O–H groups in total. The number of hydrogen-bond donors (Lipinski definition) is 1. The molecule has 0 aliphatic carbocycles. The van der Waals surface area contributed by atoms with Crippen molar-refractivity contribution >= 4 is 11.5 Å². The highest BCUT2D eigenvalue weighted by Gasteiger charge is 2.37. The van der Waals surface area contributed by atoms with Crippen molar-refractivity contribution in [3.8, 4) is 28.8 Å². The standard InChI is InChI=1S/C22H22N6O2/c1-29-18-5-14(4-17(6-18)28-9-15-11-30-12-16(15)10-28)19-7-21(24)26-22(20(19)8-23)27-3-2-25-13-27/h2-7,13,15-16H,9-12H2,1H3,(H2,24,26). The van der Waals surface area contributed by atoms with Gasteiger partial charge in [0.15, 0.2) is 5.82 Å². The first-order chi connectivity index (χ1) is 14.7. The summed E-state index contributed by atoms with van der Waals surface area (Å²) in [6.07, 6.45) is 4.99. The molecular formula is C22H22N6O2. The van der Waals surface area contributed by atoms with Crippen molar-refractivity contribution in [2.24, 2.45) is 11.8 Å². The Bertz CT molecular complexity index is 1110. The second-order valence-electron chi connectivity index (χ2n) is 7.76. The summed E-state index contributed by atoms with van der Waals surface area (Å²) in [4.78, 5) is 10.8. The Balaban J connectivity index is 1.61. The zero-order chi connectivity index (χ0) is 20.7. The molecule has 5 rings (SSSR count). The Morgan fingerprint density at radius 3 is 2.67 bits per heavy atom. The molecule has 2 aliphatic rings. The fourth-order valence-electron chi connectivity index (χ4n) is 4.40. The molecule has 2 saturated heterocycles. The van der Waals surface area contributed by atoms with Crippen molar-refractivity contribution < 1.29 is 9.47 Å². The van der Waals surface area contributed by atoms with Crippen LogP contribution in [0.15, 0.2) is 43.0 Å². The quantitative estimate of drug-likeness (QED) is 0.715. The Hall–Kier alpha value is -3.57. The van der Waals surface area contributed by atoms with Gasteiger partial charge in [0.05, 0.1) is 20.3 Å². The lowest BCUT2D eigenvalue weighted by atomic mass is 9.99. The maximum absolute atomic E-state index is 9.95. The number of rotatable bonds is 4. The fourth-order valence-corrected chi connectivity index (χ4v) is 4.40. The minimum absolute atomic E-state index is 0.338. The fraction of sp³-hybridized carbons (Fsp3) is 0.318. The molecule has 152 valence electrons. The molecule has 8 nitrogen and oxygen atoms in total. The van der Waals surface area contributed by atoms with Crippen molar-refractivity contribution in [3.05, 3.63) is 48.5 Å². The average Bonchev–Trinajstić information content (AvgIpc) is 3.50. The van der Waals surface area contributed by atoms with Gasteiger partial charge in [-0.3, -0.25) is 4.57 Å². The summed E-state index contributed by atoms with van der Waals surface area (Å²) < 4.78 is 12.9. The van der Waals surface area contributed by atoms with Gasteiger partial charge in [0, 0.05) is 54.6 Å². The van der Waals surface area contributed by atoms with E-state index in [0.29, 0.717) is 29.0 Å². The van der Waals surface area contributed by atoms with Crippen LogP contribution in [-0.2, 0) is 4.74 Å². The van der Waals surface area contributed by atoms with Crippen LogP contribution in [0.3, 0.4) is 0 Å². The van der Waals surface area contributed by atoms with Gasteiger partial charge in [0.2, 0.25) is 0 Å². The van der Waals surface area contributed by atoms with E-state index in [2.05, 4.69) is 27.0 Å². The van der Waals surface area contributed by atoms with Gasteiger partial charge in [-0.2, -0.15) is 5.26 Å².